The summed E-state index contributed by atoms with van der Waals surface area (Å²) in [6.07, 6.45) is 2.31. The van der Waals surface area contributed by atoms with Gasteiger partial charge in [0.2, 0.25) is 5.91 Å². The van der Waals surface area contributed by atoms with Crippen molar-refractivity contribution in [1.82, 2.24) is 5.32 Å². The lowest BCUT2D eigenvalue weighted by atomic mass is 10.1. The van der Waals surface area contributed by atoms with Gasteiger partial charge in [0.15, 0.2) is 0 Å². The minimum atomic E-state index is -2.56. The highest BCUT2D eigenvalue weighted by atomic mass is 32.2. The van der Waals surface area contributed by atoms with Crippen molar-refractivity contribution in [1.29, 1.82) is 4.78 Å². The first-order valence-corrected chi connectivity index (χ1v) is 6.63. The first kappa shape index (κ1) is 11.5. The van der Waals surface area contributed by atoms with Crippen molar-refractivity contribution in [3.8, 4) is 0 Å². The Hall–Kier alpha value is -0.580. The van der Waals surface area contributed by atoms with Crippen molar-refractivity contribution in [2.24, 2.45) is 5.92 Å². The Bertz CT molecular complexity index is 346. The van der Waals surface area contributed by atoms with Gasteiger partial charge in [0.1, 0.15) is 0 Å². The second-order valence-corrected chi connectivity index (χ2v) is 7.34. The van der Waals surface area contributed by atoms with E-state index in [0.717, 1.165) is 6.42 Å². The molecule has 4 nitrogen and oxygen atoms in total. The van der Waals surface area contributed by atoms with Gasteiger partial charge in [-0.1, -0.05) is 0 Å². The van der Waals surface area contributed by atoms with Gasteiger partial charge in [-0.05, 0) is 26.2 Å². The summed E-state index contributed by atoms with van der Waals surface area (Å²) in [5.41, 5.74) is 0. The largest absolute Gasteiger partial charge is 0.353 e. The molecule has 0 aromatic heterocycles. The van der Waals surface area contributed by atoms with Crippen LogP contribution in [0, 0.1) is 10.7 Å². The lowest BCUT2D eigenvalue weighted by Crippen LogP contribution is -2.37. The molecule has 82 valence electrons. The molecule has 3 unspecified atom stereocenters. The monoisotopic (exact) mass is 218 g/mol. The zero-order valence-electron chi connectivity index (χ0n) is 9.09. The second kappa shape index (κ2) is 3.22. The Labute approximate surface area is 85.4 Å². The van der Waals surface area contributed by atoms with Crippen molar-refractivity contribution >= 4 is 15.6 Å². The molecule has 1 rings (SSSR count). The standard InChI is InChI=1S/C9H18N2O2S/c1-6(12)11-8-5-7(8)9(2,3)14(4,10)13/h7-8,10H,5H2,1-4H3,(H,11,12). The fourth-order valence-electron chi connectivity index (χ4n) is 1.67. The van der Waals surface area contributed by atoms with Gasteiger partial charge in [-0.2, -0.15) is 0 Å². The molecule has 14 heavy (non-hydrogen) atoms. The maximum absolute atomic E-state index is 11.7. The molecule has 0 bridgehead atoms. The molecule has 5 heteroatoms. The Morgan fingerprint density at radius 1 is 1.57 bits per heavy atom. The zero-order valence-corrected chi connectivity index (χ0v) is 9.90. The average molecular weight is 218 g/mol. The summed E-state index contributed by atoms with van der Waals surface area (Å²) in [7, 11) is -2.56. The highest BCUT2D eigenvalue weighted by molar-refractivity contribution is 7.93. The van der Waals surface area contributed by atoms with Gasteiger partial charge in [-0.15, -0.1) is 0 Å². The minimum absolute atomic E-state index is 0.0547. The highest BCUT2D eigenvalue weighted by Crippen LogP contribution is 2.44. The maximum Gasteiger partial charge on any atom is 0.217 e. The molecule has 1 saturated carbocycles. The Balaban J connectivity index is 2.67. The van der Waals surface area contributed by atoms with E-state index in [1.54, 1.807) is 0 Å². The molecule has 1 amide bonds. The van der Waals surface area contributed by atoms with Crippen molar-refractivity contribution in [3.05, 3.63) is 0 Å². The maximum atomic E-state index is 11.7. The van der Waals surface area contributed by atoms with Gasteiger partial charge in [-0.25, -0.2) is 4.21 Å². The number of carbonyl (C=O) groups excluding carboxylic acids is 1. The van der Waals surface area contributed by atoms with E-state index in [1.807, 2.05) is 13.8 Å². The summed E-state index contributed by atoms with van der Waals surface area (Å²) in [4.78, 5) is 10.8. The van der Waals surface area contributed by atoms with E-state index in [2.05, 4.69) is 5.32 Å². The summed E-state index contributed by atoms with van der Waals surface area (Å²) < 4.78 is 18.8. The highest BCUT2D eigenvalue weighted by Gasteiger charge is 2.51. The number of amides is 1. The lowest BCUT2D eigenvalue weighted by Gasteiger charge is -2.25. The van der Waals surface area contributed by atoms with Crippen LogP contribution >= 0.6 is 0 Å². The summed E-state index contributed by atoms with van der Waals surface area (Å²) in [5, 5.41) is 2.80. The molecule has 0 aromatic carbocycles. The summed E-state index contributed by atoms with van der Waals surface area (Å²) >= 11 is 0. The third-order valence-corrected chi connectivity index (χ3v) is 5.39. The first-order chi connectivity index (χ1) is 6.16. The lowest BCUT2D eigenvalue weighted by molar-refractivity contribution is -0.119. The van der Waals surface area contributed by atoms with Gasteiger partial charge >= 0.3 is 0 Å². The number of hydrogen-bond acceptors (Lipinski definition) is 3. The molecule has 0 radical (unpaired) electrons. The van der Waals surface area contributed by atoms with Crippen LogP contribution in [-0.4, -0.2) is 27.2 Å². The van der Waals surface area contributed by atoms with Crippen molar-refractivity contribution in [3.63, 3.8) is 0 Å². The number of hydrogen-bond donors (Lipinski definition) is 2. The van der Waals surface area contributed by atoms with Gasteiger partial charge in [0, 0.05) is 29.0 Å². The van der Waals surface area contributed by atoms with E-state index >= 15 is 0 Å². The average Bonchev–Trinajstić information content (AvgIpc) is 2.63. The summed E-state index contributed by atoms with van der Waals surface area (Å²) in [5.74, 6) is 0.127. The van der Waals surface area contributed by atoms with E-state index < -0.39 is 14.5 Å². The normalized spacial score (nSPS) is 30.6. The van der Waals surface area contributed by atoms with E-state index in [1.165, 1.54) is 13.2 Å². The van der Waals surface area contributed by atoms with Crippen molar-refractivity contribution < 1.29 is 9.00 Å². The Kier molecular flexibility index (Phi) is 2.65. The van der Waals surface area contributed by atoms with Crippen LogP contribution in [0.25, 0.3) is 0 Å². The fourth-order valence-corrected chi connectivity index (χ4v) is 2.51. The van der Waals surface area contributed by atoms with Gasteiger partial charge in [0.25, 0.3) is 0 Å². The predicted octanol–water partition coefficient (Wildman–Crippen LogP) is 0.966. The fraction of sp³-hybridized carbons (Fsp3) is 0.889. The van der Waals surface area contributed by atoms with E-state index in [-0.39, 0.29) is 17.9 Å². The van der Waals surface area contributed by atoms with Crippen LogP contribution < -0.4 is 5.32 Å². The SMILES string of the molecule is CC(=O)NC1CC1C(C)(C)S(C)(=N)=O. The molecule has 0 spiro atoms. The molecular weight excluding hydrogens is 200 g/mol. The third kappa shape index (κ3) is 2.08. The Morgan fingerprint density at radius 3 is 2.43 bits per heavy atom. The van der Waals surface area contributed by atoms with Crippen LogP contribution in [0.1, 0.15) is 27.2 Å². The zero-order chi connectivity index (χ0) is 11.1. The molecule has 2 N–H and O–H groups in total. The topological polar surface area (TPSA) is 70.0 Å². The smallest absolute Gasteiger partial charge is 0.217 e. The molecule has 1 fully saturated rings. The number of carbonyl (C=O) groups is 1. The molecule has 0 aromatic rings. The van der Waals surface area contributed by atoms with Gasteiger partial charge < -0.3 is 5.32 Å². The second-order valence-electron chi connectivity index (χ2n) is 4.60. The molecule has 1 aliphatic carbocycles. The van der Waals surface area contributed by atoms with Crippen molar-refractivity contribution in [2.75, 3.05) is 6.26 Å². The molecule has 1 aliphatic rings. The minimum Gasteiger partial charge on any atom is -0.353 e. The van der Waals surface area contributed by atoms with E-state index in [4.69, 9.17) is 4.78 Å². The summed E-state index contributed by atoms with van der Waals surface area (Å²) in [6, 6.07) is 0.119. The Morgan fingerprint density at radius 2 is 2.07 bits per heavy atom. The van der Waals surface area contributed by atoms with Crippen LogP contribution in [0.5, 0.6) is 0 Å². The van der Waals surface area contributed by atoms with Crippen molar-refractivity contribution in [2.45, 2.75) is 38.0 Å². The first-order valence-electron chi connectivity index (χ1n) is 4.66. The van der Waals surface area contributed by atoms with Crippen LogP contribution in [0.2, 0.25) is 0 Å². The van der Waals surface area contributed by atoms with Gasteiger partial charge in [-0.3, -0.25) is 9.57 Å². The molecule has 0 saturated heterocycles. The van der Waals surface area contributed by atoms with Crippen LogP contribution in [-0.2, 0) is 14.5 Å². The molecule has 0 aliphatic heterocycles. The number of rotatable bonds is 3. The van der Waals surface area contributed by atoms with Gasteiger partial charge in [0.05, 0.1) is 4.75 Å². The third-order valence-electron chi connectivity index (χ3n) is 3.08. The molecule has 3 atom stereocenters. The molecule has 0 heterocycles. The summed E-state index contributed by atoms with van der Waals surface area (Å²) in [6.45, 7) is 5.16. The van der Waals surface area contributed by atoms with Crippen LogP contribution in [0.3, 0.4) is 0 Å². The number of nitrogens with one attached hydrogen (secondary N) is 2. The van der Waals surface area contributed by atoms with E-state index in [9.17, 15) is 9.00 Å². The predicted molar refractivity (Wildman–Crippen MR) is 56.6 cm³/mol. The quantitative estimate of drug-likeness (QED) is 0.741. The van der Waals surface area contributed by atoms with E-state index in [0.29, 0.717) is 0 Å². The van der Waals surface area contributed by atoms with Crippen LogP contribution in [0.4, 0.5) is 0 Å². The molecular formula is C9H18N2O2S. The van der Waals surface area contributed by atoms with Crippen LogP contribution in [0.15, 0.2) is 0 Å².